The van der Waals surface area contributed by atoms with Crippen LogP contribution in [0.2, 0.25) is 0 Å². The molecule has 0 aromatic carbocycles. The zero-order chi connectivity index (χ0) is 11.4. The lowest BCUT2D eigenvalue weighted by molar-refractivity contribution is 0.199. The molecule has 0 aliphatic heterocycles. The standard InChI is InChI=1S/C12H12N2OS/c1-9(15)10-2-7-14-12(8-10)16-11-3-5-13-6-4-11/h2-9,15H,1H3/t9-/m0/s1. The van der Waals surface area contributed by atoms with Crippen LogP contribution in [0.4, 0.5) is 0 Å². The Kier molecular flexibility index (Phi) is 3.54. The van der Waals surface area contributed by atoms with E-state index in [-0.39, 0.29) is 0 Å². The lowest BCUT2D eigenvalue weighted by Crippen LogP contribution is -1.92. The van der Waals surface area contributed by atoms with Gasteiger partial charge in [-0.2, -0.15) is 0 Å². The molecule has 0 spiro atoms. The minimum atomic E-state index is -0.459. The second-order valence-electron chi connectivity index (χ2n) is 3.39. The maximum Gasteiger partial charge on any atom is 0.101 e. The van der Waals surface area contributed by atoms with Crippen molar-refractivity contribution < 1.29 is 5.11 Å². The summed E-state index contributed by atoms with van der Waals surface area (Å²) >= 11 is 1.56. The van der Waals surface area contributed by atoms with Gasteiger partial charge in [-0.25, -0.2) is 4.98 Å². The van der Waals surface area contributed by atoms with Gasteiger partial charge >= 0.3 is 0 Å². The Labute approximate surface area is 98.6 Å². The van der Waals surface area contributed by atoms with E-state index in [1.165, 1.54) is 0 Å². The van der Waals surface area contributed by atoms with Crippen molar-refractivity contribution in [3.63, 3.8) is 0 Å². The van der Waals surface area contributed by atoms with Crippen LogP contribution in [0.5, 0.6) is 0 Å². The topological polar surface area (TPSA) is 46.0 Å². The van der Waals surface area contributed by atoms with Gasteiger partial charge in [0.25, 0.3) is 0 Å². The van der Waals surface area contributed by atoms with Crippen molar-refractivity contribution >= 4 is 11.8 Å². The van der Waals surface area contributed by atoms with Gasteiger partial charge in [0.15, 0.2) is 0 Å². The molecule has 2 aromatic rings. The second-order valence-corrected chi connectivity index (χ2v) is 4.48. The Morgan fingerprint density at radius 3 is 2.62 bits per heavy atom. The van der Waals surface area contributed by atoms with Gasteiger partial charge in [0, 0.05) is 23.5 Å². The summed E-state index contributed by atoms with van der Waals surface area (Å²) in [4.78, 5) is 9.30. The molecule has 2 rings (SSSR count). The number of aliphatic hydroxyl groups is 1. The molecule has 0 amide bonds. The van der Waals surface area contributed by atoms with E-state index in [1.807, 2.05) is 24.3 Å². The minimum absolute atomic E-state index is 0.459. The fourth-order valence-corrected chi connectivity index (χ4v) is 2.08. The molecule has 1 atom stereocenters. The van der Waals surface area contributed by atoms with Crippen LogP contribution < -0.4 is 0 Å². The van der Waals surface area contributed by atoms with Crippen molar-refractivity contribution in [1.82, 2.24) is 9.97 Å². The molecule has 0 saturated heterocycles. The van der Waals surface area contributed by atoms with E-state index < -0.39 is 6.10 Å². The molecule has 3 nitrogen and oxygen atoms in total. The van der Waals surface area contributed by atoms with Gasteiger partial charge in [-0.05, 0) is 36.8 Å². The van der Waals surface area contributed by atoms with Crippen LogP contribution in [-0.4, -0.2) is 15.1 Å². The number of nitrogens with zero attached hydrogens (tertiary/aromatic N) is 2. The second kappa shape index (κ2) is 5.09. The van der Waals surface area contributed by atoms with Gasteiger partial charge < -0.3 is 5.11 Å². The summed E-state index contributed by atoms with van der Waals surface area (Å²) in [6.45, 7) is 1.75. The zero-order valence-electron chi connectivity index (χ0n) is 8.87. The van der Waals surface area contributed by atoms with E-state index in [0.717, 1.165) is 15.5 Å². The summed E-state index contributed by atoms with van der Waals surface area (Å²) in [6.07, 6.45) is 4.76. The van der Waals surface area contributed by atoms with Crippen LogP contribution in [0, 0.1) is 0 Å². The lowest BCUT2D eigenvalue weighted by atomic mass is 10.2. The largest absolute Gasteiger partial charge is 0.389 e. The smallest absolute Gasteiger partial charge is 0.101 e. The van der Waals surface area contributed by atoms with Crippen molar-refractivity contribution in [2.24, 2.45) is 0 Å². The fourth-order valence-electron chi connectivity index (χ4n) is 1.27. The molecule has 0 saturated carbocycles. The number of aliphatic hydroxyl groups excluding tert-OH is 1. The maximum atomic E-state index is 9.47. The molecule has 0 aliphatic rings. The number of hydrogen-bond acceptors (Lipinski definition) is 4. The van der Waals surface area contributed by atoms with E-state index in [1.54, 1.807) is 37.3 Å². The van der Waals surface area contributed by atoms with E-state index in [9.17, 15) is 5.11 Å². The number of aromatic nitrogens is 2. The average Bonchev–Trinajstić information content (AvgIpc) is 2.30. The third kappa shape index (κ3) is 2.81. The molecule has 0 fully saturated rings. The molecule has 16 heavy (non-hydrogen) atoms. The van der Waals surface area contributed by atoms with Gasteiger partial charge in [-0.1, -0.05) is 11.8 Å². The molecule has 0 radical (unpaired) electrons. The van der Waals surface area contributed by atoms with E-state index in [0.29, 0.717) is 0 Å². The molecule has 2 aromatic heterocycles. The summed E-state index contributed by atoms with van der Waals surface area (Å²) in [5.74, 6) is 0. The number of rotatable bonds is 3. The molecule has 0 bridgehead atoms. The highest BCUT2D eigenvalue weighted by Crippen LogP contribution is 2.26. The van der Waals surface area contributed by atoms with Gasteiger partial charge in [0.1, 0.15) is 5.03 Å². The highest BCUT2D eigenvalue weighted by atomic mass is 32.2. The Bertz CT molecular complexity index is 460. The van der Waals surface area contributed by atoms with Gasteiger partial charge in [-0.15, -0.1) is 0 Å². The summed E-state index contributed by atoms with van der Waals surface area (Å²) in [5.41, 5.74) is 0.881. The first kappa shape index (κ1) is 11.1. The van der Waals surface area contributed by atoms with Crippen LogP contribution in [0.15, 0.2) is 52.8 Å². The van der Waals surface area contributed by atoms with E-state index >= 15 is 0 Å². The predicted octanol–water partition coefficient (Wildman–Crippen LogP) is 2.68. The minimum Gasteiger partial charge on any atom is -0.389 e. The third-order valence-electron chi connectivity index (χ3n) is 2.11. The van der Waals surface area contributed by atoms with E-state index in [2.05, 4.69) is 9.97 Å². The molecule has 1 N–H and O–H groups in total. The van der Waals surface area contributed by atoms with Crippen molar-refractivity contribution in [3.05, 3.63) is 48.4 Å². The molecule has 0 aliphatic carbocycles. The first-order chi connectivity index (χ1) is 7.75. The van der Waals surface area contributed by atoms with Crippen LogP contribution in [0.1, 0.15) is 18.6 Å². The van der Waals surface area contributed by atoms with E-state index in [4.69, 9.17) is 0 Å². The molecule has 2 heterocycles. The van der Waals surface area contributed by atoms with Gasteiger partial charge in [-0.3, -0.25) is 4.98 Å². The van der Waals surface area contributed by atoms with Gasteiger partial charge in [0.05, 0.1) is 6.10 Å². The van der Waals surface area contributed by atoms with Crippen LogP contribution in [-0.2, 0) is 0 Å². The van der Waals surface area contributed by atoms with Crippen LogP contribution in [0.25, 0.3) is 0 Å². The zero-order valence-corrected chi connectivity index (χ0v) is 9.69. The summed E-state index contributed by atoms with van der Waals surface area (Å²) in [7, 11) is 0. The van der Waals surface area contributed by atoms with Crippen molar-refractivity contribution in [2.75, 3.05) is 0 Å². The number of hydrogen-bond donors (Lipinski definition) is 1. The third-order valence-corrected chi connectivity index (χ3v) is 3.05. The monoisotopic (exact) mass is 232 g/mol. The first-order valence-corrected chi connectivity index (χ1v) is 5.79. The maximum absolute atomic E-state index is 9.47. The average molecular weight is 232 g/mol. The molecular formula is C12H12N2OS. The summed E-state index contributed by atoms with van der Waals surface area (Å²) in [5, 5.41) is 10.3. The highest BCUT2D eigenvalue weighted by Gasteiger charge is 2.03. The quantitative estimate of drug-likeness (QED) is 0.883. The molecule has 0 unspecified atom stereocenters. The Balaban J connectivity index is 2.19. The molecular weight excluding hydrogens is 220 g/mol. The summed E-state index contributed by atoms with van der Waals surface area (Å²) in [6, 6.07) is 7.58. The van der Waals surface area contributed by atoms with Crippen LogP contribution >= 0.6 is 11.8 Å². The Morgan fingerprint density at radius 2 is 1.94 bits per heavy atom. The number of pyridine rings is 2. The first-order valence-electron chi connectivity index (χ1n) is 4.97. The van der Waals surface area contributed by atoms with Crippen molar-refractivity contribution in [2.45, 2.75) is 22.9 Å². The predicted molar refractivity (Wildman–Crippen MR) is 63.2 cm³/mol. The Morgan fingerprint density at radius 1 is 1.19 bits per heavy atom. The Hall–Kier alpha value is -1.39. The lowest BCUT2D eigenvalue weighted by Gasteiger charge is -2.06. The SMILES string of the molecule is C[C@H](O)c1ccnc(Sc2ccncc2)c1. The van der Waals surface area contributed by atoms with Gasteiger partial charge in [0.2, 0.25) is 0 Å². The normalized spacial score (nSPS) is 12.4. The summed E-state index contributed by atoms with van der Waals surface area (Å²) < 4.78 is 0. The molecule has 4 heteroatoms. The fraction of sp³-hybridized carbons (Fsp3) is 0.167. The van der Waals surface area contributed by atoms with Crippen LogP contribution in [0.3, 0.4) is 0 Å². The van der Waals surface area contributed by atoms with Crippen molar-refractivity contribution in [1.29, 1.82) is 0 Å². The highest BCUT2D eigenvalue weighted by molar-refractivity contribution is 7.99. The van der Waals surface area contributed by atoms with Crippen molar-refractivity contribution in [3.8, 4) is 0 Å². The molecule has 82 valence electrons.